The fourth-order valence-electron chi connectivity index (χ4n) is 1.50. The summed E-state index contributed by atoms with van der Waals surface area (Å²) in [4.78, 5) is 4.02. The van der Waals surface area contributed by atoms with Gasteiger partial charge in [0.15, 0.2) is 0 Å². The lowest BCUT2D eigenvalue weighted by molar-refractivity contribution is 0.600. The predicted molar refractivity (Wildman–Crippen MR) is 71.2 cm³/mol. The van der Waals surface area contributed by atoms with Crippen LogP contribution in [0.25, 0.3) is 0 Å². The second-order valence-corrected chi connectivity index (χ2v) is 5.84. The van der Waals surface area contributed by atoms with Crippen LogP contribution in [0.15, 0.2) is 47.6 Å². The molecule has 0 fully saturated rings. The highest BCUT2D eigenvalue weighted by atomic mass is 35.5. The first-order valence-electron chi connectivity index (χ1n) is 5.18. The number of benzene rings is 1. The molecule has 0 unspecified atom stereocenters. The van der Waals surface area contributed by atoms with Crippen molar-refractivity contribution in [2.45, 2.75) is 11.8 Å². The zero-order valence-corrected chi connectivity index (χ0v) is 11.2. The van der Waals surface area contributed by atoms with Gasteiger partial charge in [0.2, 0.25) is 0 Å². The first kappa shape index (κ1) is 12.9. The molecule has 0 aliphatic carbocycles. The first-order valence-corrected chi connectivity index (χ1v) is 7.04. The second kappa shape index (κ2) is 4.96. The van der Waals surface area contributed by atoms with Gasteiger partial charge in [0.1, 0.15) is 0 Å². The molecule has 0 spiro atoms. The Kier molecular flexibility index (Phi) is 3.54. The van der Waals surface area contributed by atoms with E-state index in [9.17, 15) is 8.42 Å². The number of pyridine rings is 1. The third-order valence-corrected chi connectivity index (χ3v) is 4.11. The van der Waals surface area contributed by atoms with E-state index in [2.05, 4.69) is 9.71 Å². The van der Waals surface area contributed by atoms with E-state index in [-0.39, 0.29) is 4.90 Å². The Hall–Kier alpha value is -1.59. The summed E-state index contributed by atoms with van der Waals surface area (Å²) in [5.74, 6) is 0. The van der Waals surface area contributed by atoms with Crippen molar-refractivity contribution in [3.63, 3.8) is 0 Å². The lowest BCUT2D eigenvalue weighted by atomic mass is 10.2. The summed E-state index contributed by atoms with van der Waals surface area (Å²) in [6, 6.07) is 8.03. The van der Waals surface area contributed by atoms with Gasteiger partial charge in [0.25, 0.3) is 10.0 Å². The van der Waals surface area contributed by atoms with Crippen molar-refractivity contribution >= 4 is 27.3 Å². The number of rotatable bonds is 3. The maximum atomic E-state index is 12.2. The minimum Gasteiger partial charge on any atom is -0.278 e. The SMILES string of the molecule is Cc1ccc(Cl)cc1S(=O)(=O)Nc1cccnc1. The average molecular weight is 283 g/mol. The predicted octanol–water partition coefficient (Wildman–Crippen LogP) is 2.84. The van der Waals surface area contributed by atoms with E-state index in [4.69, 9.17) is 11.6 Å². The Labute approximate surface area is 111 Å². The molecule has 2 rings (SSSR count). The number of sulfonamides is 1. The van der Waals surface area contributed by atoms with Gasteiger partial charge >= 0.3 is 0 Å². The van der Waals surface area contributed by atoms with E-state index < -0.39 is 10.0 Å². The van der Waals surface area contributed by atoms with Crippen LogP contribution in [-0.4, -0.2) is 13.4 Å². The molecule has 1 heterocycles. The van der Waals surface area contributed by atoms with E-state index in [0.717, 1.165) is 0 Å². The first-order chi connectivity index (χ1) is 8.49. The molecule has 0 saturated carbocycles. The number of anilines is 1. The number of hydrogen-bond acceptors (Lipinski definition) is 3. The van der Waals surface area contributed by atoms with Crippen molar-refractivity contribution in [1.82, 2.24) is 4.98 Å². The fourth-order valence-corrected chi connectivity index (χ4v) is 3.05. The Morgan fingerprint density at radius 3 is 2.72 bits per heavy atom. The summed E-state index contributed by atoms with van der Waals surface area (Å²) < 4.78 is 26.8. The number of aryl methyl sites for hydroxylation is 1. The molecular formula is C12H11ClN2O2S. The molecule has 0 aliphatic heterocycles. The molecule has 18 heavy (non-hydrogen) atoms. The molecule has 0 radical (unpaired) electrons. The van der Waals surface area contributed by atoms with E-state index in [1.807, 2.05) is 0 Å². The summed E-state index contributed by atoms with van der Waals surface area (Å²) in [5, 5.41) is 0.382. The summed E-state index contributed by atoms with van der Waals surface area (Å²) >= 11 is 5.82. The minimum atomic E-state index is -3.64. The lowest BCUT2D eigenvalue weighted by Gasteiger charge is -2.10. The third kappa shape index (κ3) is 2.80. The topological polar surface area (TPSA) is 59.1 Å². The number of aromatic nitrogens is 1. The van der Waals surface area contributed by atoms with Crippen LogP contribution < -0.4 is 4.72 Å². The van der Waals surface area contributed by atoms with Crippen molar-refractivity contribution in [2.24, 2.45) is 0 Å². The largest absolute Gasteiger partial charge is 0.278 e. The van der Waals surface area contributed by atoms with Gasteiger partial charge in [-0.05, 0) is 36.8 Å². The third-order valence-electron chi connectivity index (χ3n) is 2.35. The van der Waals surface area contributed by atoms with E-state index in [1.54, 1.807) is 37.4 Å². The molecule has 0 bridgehead atoms. The fraction of sp³-hybridized carbons (Fsp3) is 0.0833. The van der Waals surface area contributed by atoms with Crippen molar-refractivity contribution in [2.75, 3.05) is 4.72 Å². The molecule has 1 N–H and O–H groups in total. The van der Waals surface area contributed by atoms with E-state index >= 15 is 0 Å². The Bertz CT molecular complexity index is 657. The second-order valence-electron chi connectivity index (χ2n) is 3.76. The van der Waals surface area contributed by atoms with E-state index in [0.29, 0.717) is 16.3 Å². The summed E-state index contributed by atoms with van der Waals surface area (Å²) in [7, 11) is -3.64. The maximum absolute atomic E-state index is 12.2. The van der Waals surface area contributed by atoms with Crippen LogP contribution in [0, 0.1) is 6.92 Å². The van der Waals surface area contributed by atoms with Crippen LogP contribution in [0.1, 0.15) is 5.56 Å². The Morgan fingerprint density at radius 1 is 1.28 bits per heavy atom. The molecule has 0 atom stereocenters. The Balaban J connectivity index is 2.40. The molecule has 0 saturated heterocycles. The van der Waals surface area contributed by atoms with Gasteiger partial charge in [-0.3, -0.25) is 9.71 Å². The minimum absolute atomic E-state index is 0.166. The lowest BCUT2D eigenvalue weighted by Crippen LogP contribution is -2.14. The molecule has 4 nitrogen and oxygen atoms in total. The summed E-state index contributed by atoms with van der Waals surface area (Å²) in [5.41, 5.74) is 1.05. The van der Waals surface area contributed by atoms with Crippen molar-refractivity contribution < 1.29 is 8.42 Å². The van der Waals surface area contributed by atoms with Gasteiger partial charge in [-0.15, -0.1) is 0 Å². The van der Waals surface area contributed by atoms with Crippen LogP contribution >= 0.6 is 11.6 Å². The van der Waals surface area contributed by atoms with Crippen molar-refractivity contribution in [1.29, 1.82) is 0 Å². The Morgan fingerprint density at radius 2 is 2.06 bits per heavy atom. The summed E-state index contributed by atoms with van der Waals surface area (Å²) in [6.07, 6.45) is 3.01. The van der Waals surface area contributed by atoms with Crippen molar-refractivity contribution in [3.05, 3.63) is 53.3 Å². The van der Waals surface area contributed by atoms with Gasteiger partial charge in [-0.1, -0.05) is 17.7 Å². The summed E-state index contributed by atoms with van der Waals surface area (Å²) in [6.45, 7) is 1.72. The molecule has 0 amide bonds. The smallest absolute Gasteiger partial charge is 0.262 e. The number of hydrogen-bond donors (Lipinski definition) is 1. The molecule has 1 aromatic heterocycles. The standard InChI is InChI=1S/C12H11ClN2O2S/c1-9-4-5-10(13)7-12(9)18(16,17)15-11-3-2-6-14-8-11/h2-8,15H,1H3. The van der Waals surface area contributed by atoms with Crippen LogP contribution in [-0.2, 0) is 10.0 Å². The molecule has 0 aliphatic rings. The highest BCUT2D eigenvalue weighted by Crippen LogP contribution is 2.22. The maximum Gasteiger partial charge on any atom is 0.262 e. The quantitative estimate of drug-likeness (QED) is 0.942. The van der Waals surface area contributed by atoms with Crippen molar-refractivity contribution in [3.8, 4) is 0 Å². The van der Waals surface area contributed by atoms with Gasteiger partial charge < -0.3 is 0 Å². The van der Waals surface area contributed by atoms with Gasteiger partial charge in [0, 0.05) is 11.2 Å². The highest BCUT2D eigenvalue weighted by molar-refractivity contribution is 7.92. The number of nitrogens with zero attached hydrogens (tertiary/aromatic N) is 1. The number of nitrogens with one attached hydrogen (secondary N) is 1. The normalized spacial score (nSPS) is 11.2. The van der Waals surface area contributed by atoms with Crippen LogP contribution in [0.2, 0.25) is 5.02 Å². The molecular weight excluding hydrogens is 272 g/mol. The molecule has 6 heteroatoms. The van der Waals surface area contributed by atoms with Crippen LogP contribution in [0.3, 0.4) is 0 Å². The van der Waals surface area contributed by atoms with Crippen LogP contribution in [0.4, 0.5) is 5.69 Å². The van der Waals surface area contributed by atoms with E-state index in [1.165, 1.54) is 12.3 Å². The molecule has 94 valence electrons. The number of halogens is 1. The van der Waals surface area contributed by atoms with Crippen LogP contribution in [0.5, 0.6) is 0 Å². The monoisotopic (exact) mass is 282 g/mol. The highest BCUT2D eigenvalue weighted by Gasteiger charge is 2.17. The molecule has 1 aromatic carbocycles. The van der Waals surface area contributed by atoms with Gasteiger partial charge in [0.05, 0.1) is 16.8 Å². The zero-order chi connectivity index (χ0) is 13.2. The van der Waals surface area contributed by atoms with Gasteiger partial charge in [-0.2, -0.15) is 0 Å². The molecule has 2 aromatic rings. The van der Waals surface area contributed by atoms with Gasteiger partial charge in [-0.25, -0.2) is 8.42 Å². The zero-order valence-electron chi connectivity index (χ0n) is 9.59. The average Bonchev–Trinajstić information content (AvgIpc) is 2.33.